The van der Waals surface area contributed by atoms with Gasteiger partial charge in [0, 0.05) is 11.4 Å². The van der Waals surface area contributed by atoms with Crippen molar-refractivity contribution in [1.82, 2.24) is 0 Å². The molecule has 0 radical (unpaired) electrons. The molecule has 0 spiro atoms. The number of nitrogens with zero attached hydrogens (tertiary/aromatic N) is 2. The summed E-state index contributed by atoms with van der Waals surface area (Å²) in [6.45, 7) is 12.8. The first-order valence-electron chi connectivity index (χ1n) is 13.0. The minimum absolute atomic E-state index is 0.396. The Hall–Kier alpha value is -3.54. The average molecular weight is 488 g/mol. The van der Waals surface area contributed by atoms with Crippen LogP contribution in [0.25, 0.3) is 0 Å². The van der Waals surface area contributed by atoms with Gasteiger partial charge in [-0.3, -0.25) is 0 Å². The van der Waals surface area contributed by atoms with E-state index in [1.54, 1.807) is 0 Å². The van der Waals surface area contributed by atoms with Gasteiger partial charge < -0.3 is 19.1 Å². The largest absolute Gasteiger partial charge is 0.495 e. The lowest BCUT2D eigenvalue weighted by Gasteiger charge is -2.41. The Bertz CT molecular complexity index is 1420. The minimum Gasteiger partial charge on any atom is -0.399 e. The van der Waals surface area contributed by atoms with E-state index in [2.05, 4.69) is 142 Å². The number of hydrogen-bond acceptors (Lipinski definition) is 4. The van der Waals surface area contributed by atoms with Crippen molar-refractivity contribution >= 4 is 46.7 Å². The van der Waals surface area contributed by atoms with Crippen LogP contribution in [0.5, 0.6) is 0 Å². The first-order valence-corrected chi connectivity index (χ1v) is 13.0. The number of anilines is 6. The van der Waals surface area contributed by atoms with Crippen LogP contribution in [0.4, 0.5) is 34.1 Å². The molecule has 0 aliphatic carbocycles. The monoisotopic (exact) mass is 488 g/mol. The Labute approximate surface area is 220 Å². The summed E-state index contributed by atoms with van der Waals surface area (Å²) >= 11 is 0. The molecule has 2 heterocycles. The Morgan fingerprint density at radius 3 is 1.51 bits per heavy atom. The van der Waals surface area contributed by atoms with Gasteiger partial charge in [0.25, 0.3) is 0 Å². The number of para-hydroxylation sites is 5. The number of aryl methyl sites for hydroxylation is 1. The molecule has 0 atom stereocenters. The van der Waals surface area contributed by atoms with Crippen molar-refractivity contribution in [1.29, 1.82) is 0 Å². The van der Waals surface area contributed by atoms with Gasteiger partial charge in [-0.25, -0.2) is 0 Å². The fourth-order valence-corrected chi connectivity index (χ4v) is 5.48. The molecular weight excluding hydrogens is 455 g/mol. The van der Waals surface area contributed by atoms with E-state index in [4.69, 9.17) is 9.31 Å². The van der Waals surface area contributed by atoms with E-state index in [0.717, 1.165) is 45.2 Å². The van der Waals surface area contributed by atoms with Crippen LogP contribution in [0, 0.1) is 13.8 Å². The molecule has 2 aliphatic rings. The Kier molecular flexibility index (Phi) is 5.48. The molecule has 4 aromatic carbocycles. The maximum absolute atomic E-state index is 6.52. The molecule has 37 heavy (non-hydrogen) atoms. The number of rotatable bonds is 3. The van der Waals surface area contributed by atoms with Crippen LogP contribution in [-0.4, -0.2) is 18.3 Å². The molecule has 186 valence electrons. The van der Waals surface area contributed by atoms with E-state index >= 15 is 0 Å². The summed E-state index contributed by atoms with van der Waals surface area (Å²) < 4.78 is 13.0. The fourth-order valence-electron chi connectivity index (χ4n) is 5.48. The first-order chi connectivity index (χ1) is 17.7. The van der Waals surface area contributed by atoms with E-state index in [1.807, 2.05) is 0 Å². The lowest BCUT2D eigenvalue weighted by molar-refractivity contribution is 0.00578. The van der Waals surface area contributed by atoms with Crippen LogP contribution in [0.3, 0.4) is 0 Å². The molecule has 0 aromatic heterocycles. The van der Waals surface area contributed by atoms with E-state index in [-0.39, 0.29) is 0 Å². The molecule has 4 aromatic rings. The van der Waals surface area contributed by atoms with Gasteiger partial charge in [0.2, 0.25) is 0 Å². The highest BCUT2D eigenvalue weighted by Crippen LogP contribution is 2.54. The SMILES string of the molecule is Cc1ccc(N2c3ccccc3N(c3ccccc3)c3ccccc32)c(C)c1B1OC(C)(C)C(C)(C)O1. The lowest BCUT2D eigenvalue weighted by atomic mass is 9.73. The summed E-state index contributed by atoms with van der Waals surface area (Å²) in [4.78, 5) is 4.73. The normalized spacial score (nSPS) is 17.5. The zero-order valence-electron chi connectivity index (χ0n) is 22.4. The molecule has 0 unspecified atom stereocenters. The number of fused-ring (bicyclic) bond motifs is 2. The van der Waals surface area contributed by atoms with E-state index in [9.17, 15) is 0 Å². The van der Waals surface area contributed by atoms with Crippen LogP contribution >= 0.6 is 0 Å². The van der Waals surface area contributed by atoms with Crippen molar-refractivity contribution in [3.63, 3.8) is 0 Å². The summed E-state index contributed by atoms with van der Waals surface area (Å²) in [5.41, 5.74) is 9.48. The van der Waals surface area contributed by atoms with Gasteiger partial charge in [-0.05, 0) is 95.0 Å². The number of benzene rings is 4. The van der Waals surface area contributed by atoms with Crippen LogP contribution in [0.1, 0.15) is 38.8 Å². The first kappa shape index (κ1) is 23.8. The van der Waals surface area contributed by atoms with Gasteiger partial charge in [0.15, 0.2) is 0 Å². The van der Waals surface area contributed by atoms with Gasteiger partial charge in [0.05, 0.1) is 34.0 Å². The third kappa shape index (κ3) is 3.68. The molecule has 0 saturated carbocycles. The molecule has 2 aliphatic heterocycles. The van der Waals surface area contributed by atoms with E-state index in [1.165, 1.54) is 5.56 Å². The molecule has 0 N–H and O–H groups in total. The summed E-state index contributed by atoms with van der Waals surface area (Å²) in [7, 11) is -0.416. The molecule has 0 bridgehead atoms. The molecule has 5 heteroatoms. The van der Waals surface area contributed by atoms with Crippen LogP contribution in [-0.2, 0) is 9.31 Å². The second-order valence-corrected chi connectivity index (χ2v) is 11.0. The second-order valence-electron chi connectivity index (χ2n) is 11.0. The predicted octanol–water partition coefficient (Wildman–Crippen LogP) is 7.86. The van der Waals surface area contributed by atoms with E-state index < -0.39 is 18.3 Å². The Morgan fingerprint density at radius 2 is 1.00 bits per heavy atom. The Balaban J connectivity index is 1.55. The highest BCUT2D eigenvalue weighted by atomic mass is 16.7. The molecule has 1 fully saturated rings. The van der Waals surface area contributed by atoms with Crippen molar-refractivity contribution in [2.45, 2.75) is 52.7 Å². The summed E-state index contributed by atoms with van der Waals surface area (Å²) in [6, 6.07) is 32.2. The zero-order valence-corrected chi connectivity index (χ0v) is 22.4. The molecule has 6 rings (SSSR count). The van der Waals surface area contributed by atoms with E-state index in [0.29, 0.717) is 0 Å². The standard InChI is InChI=1S/C32H33BN2O2/c1-22-20-21-25(23(2)30(22)33-36-31(3,4)32(5,6)37-33)35-28-18-12-10-16-26(28)34(24-14-8-7-9-15-24)27-17-11-13-19-29(27)35/h7-21H,1-6H3. The predicted molar refractivity (Wildman–Crippen MR) is 155 cm³/mol. The van der Waals surface area contributed by atoms with Crippen LogP contribution < -0.4 is 15.3 Å². The maximum Gasteiger partial charge on any atom is 0.495 e. The topological polar surface area (TPSA) is 24.9 Å². The van der Waals surface area contributed by atoms with Crippen molar-refractivity contribution in [2.75, 3.05) is 9.80 Å². The highest BCUT2D eigenvalue weighted by Gasteiger charge is 2.52. The van der Waals surface area contributed by atoms with Gasteiger partial charge in [0.1, 0.15) is 0 Å². The zero-order chi connectivity index (χ0) is 25.9. The number of hydrogen-bond donors (Lipinski definition) is 0. The van der Waals surface area contributed by atoms with Gasteiger partial charge in [-0.2, -0.15) is 0 Å². The molecule has 1 saturated heterocycles. The second kappa shape index (κ2) is 8.51. The summed E-state index contributed by atoms with van der Waals surface area (Å²) in [6.07, 6.45) is 0. The van der Waals surface area contributed by atoms with Crippen molar-refractivity contribution < 1.29 is 9.31 Å². The minimum atomic E-state index is -0.416. The smallest absolute Gasteiger partial charge is 0.399 e. The molecule has 0 amide bonds. The third-order valence-electron chi connectivity index (χ3n) is 8.18. The van der Waals surface area contributed by atoms with Gasteiger partial charge in [-0.15, -0.1) is 0 Å². The molecule has 4 nitrogen and oxygen atoms in total. The van der Waals surface area contributed by atoms with Crippen molar-refractivity contribution in [2.24, 2.45) is 0 Å². The quantitative estimate of drug-likeness (QED) is 0.242. The summed E-state index contributed by atoms with van der Waals surface area (Å²) in [5, 5.41) is 0. The lowest BCUT2D eigenvalue weighted by Crippen LogP contribution is -2.41. The van der Waals surface area contributed by atoms with Crippen LogP contribution in [0.2, 0.25) is 0 Å². The van der Waals surface area contributed by atoms with Gasteiger partial charge in [-0.1, -0.05) is 54.1 Å². The summed E-state index contributed by atoms with van der Waals surface area (Å²) in [5.74, 6) is 0. The average Bonchev–Trinajstić information content (AvgIpc) is 3.09. The van der Waals surface area contributed by atoms with Crippen LogP contribution in [0.15, 0.2) is 91.0 Å². The van der Waals surface area contributed by atoms with Crippen molar-refractivity contribution in [3.05, 3.63) is 102 Å². The molecular formula is C32H33BN2O2. The fraction of sp³-hybridized carbons (Fsp3) is 0.250. The van der Waals surface area contributed by atoms with Crippen molar-refractivity contribution in [3.8, 4) is 0 Å². The highest BCUT2D eigenvalue weighted by molar-refractivity contribution is 6.63. The Morgan fingerprint density at radius 1 is 0.541 bits per heavy atom. The van der Waals surface area contributed by atoms with Gasteiger partial charge >= 0.3 is 7.12 Å². The maximum atomic E-state index is 6.52. The third-order valence-corrected chi connectivity index (χ3v) is 8.18.